The molecule has 1 aliphatic rings. The number of thiocarbonyl (C=S) groups is 1. The molecule has 0 aliphatic carbocycles. The predicted molar refractivity (Wildman–Crippen MR) is 129 cm³/mol. The number of carbonyl (C=O) groups is 3. The number of amides is 2. The molecule has 2 aromatic rings. The minimum Gasteiger partial charge on any atom is -0.490 e. The maximum absolute atomic E-state index is 12.9. The third kappa shape index (κ3) is 5.91. The number of aliphatic carboxylic acids is 1. The summed E-state index contributed by atoms with van der Waals surface area (Å²) in [6.45, 7) is 5.46. The second-order valence-electron chi connectivity index (χ2n) is 7.06. The Labute approximate surface area is 200 Å². The lowest BCUT2D eigenvalue weighted by atomic mass is 10.1. The summed E-state index contributed by atoms with van der Waals surface area (Å²) in [6.07, 6.45) is 0.563. The van der Waals surface area contributed by atoms with E-state index in [0.717, 1.165) is 22.3 Å². The van der Waals surface area contributed by atoms with Crippen LogP contribution in [0.3, 0.4) is 0 Å². The Balaban J connectivity index is 1.79. The molecule has 0 bridgehead atoms. The van der Waals surface area contributed by atoms with Crippen LogP contribution in [0.4, 0.5) is 0 Å². The number of hydrogen-bond donors (Lipinski definition) is 2. The molecule has 10 heteroatoms. The first-order chi connectivity index (χ1) is 15.7. The molecule has 1 heterocycles. The molecule has 8 nitrogen and oxygen atoms in total. The molecule has 2 aromatic carbocycles. The third-order valence-electron chi connectivity index (χ3n) is 4.54. The van der Waals surface area contributed by atoms with Crippen molar-refractivity contribution in [3.05, 3.63) is 64.1 Å². The summed E-state index contributed by atoms with van der Waals surface area (Å²) in [6, 6.07) is 11.8. The number of carboxylic acid groups (broad SMARTS) is 1. The van der Waals surface area contributed by atoms with Crippen molar-refractivity contribution >= 4 is 52.2 Å². The van der Waals surface area contributed by atoms with Crippen molar-refractivity contribution in [2.24, 2.45) is 0 Å². The molecule has 172 valence electrons. The average molecular weight is 487 g/mol. The van der Waals surface area contributed by atoms with Crippen molar-refractivity contribution in [3.63, 3.8) is 0 Å². The Kier molecular flexibility index (Phi) is 7.72. The second-order valence-corrected chi connectivity index (χ2v) is 8.74. The Hall–Kier alpha value is -3.37. The Morgan fingerprint density at radius 1 is 1.21 bits per heavy atom. The number of ether oxygens (including phenoxy) is 2. The fraction of sp³-hybridized carbons (Fsp3) is 0.217. The van der Waals surface area contributed by atoms with E-state index in [0.29, 0.717) is 28.4 Å². The average Bonchev–Trinajstić information content (AvgIpc) is 3.03. The van der Waals surface area contributed by atoms with Gasteiger partial charge in [0.1, 0.15) is 0 Å². The van der Waals surface area contributed by atoms with Crippen molar-refractivity contribution < 1.29 is 29.0 Å². The van der Waals surface area contributed by atoms with E-state index in [1.165, 1.54) is 6.92 Å². The lowest BCUT2D eigenvalue weighted by Crippen LogP contribution is -2.44. The van der Waals surface area contributed by atoms with E-state index in [4.69, 9.17) is 26.8 Å². The van der Waals surface area contributed by atoms with Crippen molar-refractivity contribution in [2.75, 3.05) is 6.61 Å². The normalized spacial score (nSPS) is 15.5. The molecule has 1 aliphatic heterocycles. The molecule has 1 fully saturated rings. The van der Waals surface area contributed by atoms with Gasteiger partial charge in [-0.1, -0.05) is 35.5 Å². The van der Waals surface area contributed by atoms with Crippen molar-refractivity contribution in [1.29, 1.82) is 0 Å². The monoisotopic (exact) mass is 486 g/mol. The summed E-state index contributed by atoms with van der Waals surface area (Å²) in [7, 11) is 0. The van der Waals surface area contributed by atoms with Crippen LogP contribution in [0.15, 0.2) is 47.4 Å². The predicted octanol–water partition coefficient (Wildman–Crippen LogP) is 3.79. The Bertz CT molecular complexity index is 1130. The molecule has 3 rings (SSSR count). The van der Waals surface area contributed by atoms with Crippen molar-refractivity contribution in [3.8, 4) is 11.5 Å². The van der Waals surface area contributed by atoms with E-state index in [1.54, 1.807) is 55.5 Å². The molecule has 0 saturated carbocycles. The highest BCUT2D eigenvalue weighted by atomic mass is 32.2. The zero-order chi connectivity index (χ0) is 24.1. The maximum atomic E-state index is 12.9. The first-order valence-corrected chi connectivity index (χ1v) is 11.2. The standard InChI is InChI=1S/C23H22N2O6S2/c1-4-30-18-11-15(7-10-17(18)31-14(3)22(28)29)12-19-21(27)25(23(32)33-19)24-20(26)16-8-5-13(2)6-9-16/h5-12,14H,4H2,1-3H3,(H,24,26)(H,28,29)/b19-12+. The van der Waals surface area contributed by atoms with Gasteiger partial charge in [0.05, 0.1) is 11.5 Å². The molecule has 0 spiro atoms. The van der Waals surface area contributed by atoms with Crippen LogP contribution in [0.25, 0.3) is 6.08 Å². The highest BCUT2D eigenvalue weighted by Crippen LogP contribution is 2.34. The number of hydrogen-bond acceptors (Lipinski definition) is 7. The quantitative estimate of drug-likeness (QED) is 0.429. The molecular weight excluding hydrogens is 464 g/mol. The number of aryl methyl sites for hydroxylation is 1. The van der Waals surface area contributed by atoms with Gasteiger partial charge in [0, 0.05) is 5.56 Å². The van der Waals surface area contributed by atoms with E-state index in [1.807, 2.05) is 6.92 Å². The lowest BCUT2D eigenvalue weighted by Gasteiger charge is -2.16. The van der Waals surface area contributed by atoms with Gasteiger partial charge < -0.3 is 14.6 Å². The van der Waals surface area contributed by atoms with E-state index < -0.39 is 23.9 Å². The van der Waals surface area contributed by atoms with Crippen molar-refractivity contribution in [1.82, 2.24) is 10.4 Å². The van der Waals surface area contributed by atoms with Crippen LogP contribution < -0.4 is 14.9 Å². The summed E-state index contributed by atoms with van der Waals surface area (Å²) in [5.41, 5.74) is 4.59. The largest absolute Gasteiger partial charge is 0.490 e. The Morgan fingerprint density at radius 2 is 1.91 bits per heavy atom. The summed E-state index contributed by atoms with van der Waals surface area (Å²) in [5.74, 6) is -1.37. The van der Waals surface area contributed by atoms with Gasteiger partial charge in [-0.3, -0.25) is 15.0 Å². The number of thioether (sulfide) groups is 1. The molecule has 0 radical (unpaired) electrons. The molecular formula is C23H22N2O6S2. The van der Waals surface area contributed by atoms with E-state index >= 15 is 0 Å². The minimum atomic E-state index is -1.10. The first kappa shape index (κ1) is 24.3. The number of nitrogens with one attached hydrogen (secondary N) is 1. The van der Waals surface area contributed by atoms with Gasteiger partial charge in [0.2, 0.25) is 0 Å². The number of benzene rings is 2. The van der Waals surface area contributed by atoms with Gasteiger partial charge in [-0.2, -0.15) is 5.01 Å². The minimum absolute atomic E-state index is 0.201. The fourth-order valence-corrected chi connectivity index (χ4v) is 3.99. The summed E-state index contributed by atoms with van der Waals surface area (Å²) in [4.78, 5) is 36.8. The summed E-state index contributed by atoms with van der Waals surface area (Å²) in [5, 5.41) is 10.1. The number of carboxylic acids is 1. The van der Waals surface area contributed by atoms with Crippen LogP contribution >= 0.6 is 24.0 Å². The van der Waals surface area contributed by atoms with Crippen LogP contribution in [0.5, 0.6) is 11.5 Å². The van der Waals surface area contributed by atoms with Gasteiger partial charge >= 0.3 is 5.97 Å². The molecule has 0 aromatic heterocycles. The zero-order valence-electron chi connectivity index (χ0n) is 18.2. The van der Waals surface area contributed by atoms with Gasteiger partial charge in [0.25, 0.3) is 11.8 Å². The van der Waals surface area contributed by atoms with Crippen LogP contribution in [0.2, 0.25) is 0 Å². The second kappa shape index (κ2) is 10.5. The third-order valence-corrected chi connectivity index (χ3v) is 5.84. The SMILES string of the molecule is CCOc1cc(/C=C2/SC(=S)N(NC(=O)c3ccc(C)cc3)C2=O)ccc1OC(C)C(=O)O. The van der Waals surface area contributed by atoms with Gasteiger partial charge in [-0.15, -0.1) is 0 Å². The fourth-order valence-electron chi connectivity index (χ4n) is 2.81. The number of nitrogens with zero attached hydrogens (tertiary/aromatic N) is 1. The highest BCUT2D eigenvalue weighted by molar-refractivity contribution is 8.26. The zero-order valence-corrected chi connectivity index (χ0v) is 19.8. The summed E-state index contributed by atoms with van der Waals surface area (Å²) < 4.78 is 11.2. The summed E-state index contributed by atoms with van der Waals surface area (Å²) >= 11 is 6.33. The van der Waals surface area contributed by atoms with Crippen LogP contribution in [0, 0.1) is 6.92 Å². The number of carbonyl (C=O) groups excluding carboxylic acids is 2. The number of hydrazine groups is 1. The lowest BCUT2D eigenvalue weighted by molar-refractivity contribution is -0.144. The topological polar surface area (TPSA) is 105 Å². The van der Waals surface area contributed by atoms with Gasteiger partial charge in [0.15, 0.2) is 21.9 Å². The molecule has 33 heavy (non-hydrogen) atoms. The van der Waals surface area contributed by atoms with Gasteiger partial charge in [-0.05, 0) is 68.9 Å². The van der Waals surface area contributed by atoms with Gasteiger partial charge in [-0.25, -0.2) is 4.79 Å². The maximum Gasteiger partial charge on any atom is 0.344 e. The molecule has 1 unspecified atom stereocenters. The van der Waals surface area contributed by atoms with E-state index in [2.05, 4.69) is 5.43 Å². The first-order valence-electron chi connectivity index (χ1n) is 10.0. The van der Waals surface area contributed by atoms with Crippen LogP contribution in [0.1, 0.15) is 35.3 Å². The van der Waals surface area contributed by atoms with E-state index in [9.17, 15) is 14.4 Å². The molecule has 1 atom stereocenters. The molecule has 2 amide bonds. The Morgan fingerprint density at radius 3 is 2.55 bits per heavy atom. The number of rotatable bonds is 8. The smallest absolute Gasteiger partial charge is 0.344 e. The van der Waals surface area contributed by atoms with Crippen molar-refractivity contribution in [2.45, 2.75) is 26.9 Å². The molecule has 2 N–H and O–H groups in total. The van der Waals surface area contributed by atoms with E-state index in [-0.39, 0.29) is 10.1 Å². The van der Waals surface area contributed by atoms with Crippen LogP contribution in [-0.2, 0) is 9.59 Å². The highest BCUT2D eigenvalue weighted by Gasteiger charge is 2.34. The van der Waals surface area contributed by atoms with Crippen LogP contribution in [-0.4, -0.2) is 44.9 Å². The molecule has 1 saturated heterocycles.